The van der Waals surface area contributed by atoms with E-state index in [1.165, 1.54) is 19.1 Å². The number of benzene rings is 1. The number of hydrogen-bond acceptors (Lipinski definition) is 7. The molecule has 0 spiro atoms. The third-order valence-corrected chi connectivity index (χ3v) is 4.97. The fourth-order valence-electron chi connectivity index (χ4n) is 1.91. The zero-order valence-electron chi connectivity index (χ0n) is 14.4. The van der Waals surface area contributed by atoms with Crippen LogP contribution in [0.5, 0.6) is 5.75 Å². The van der Waals surface area contributed by atoms with Gasteiger partial charge >= 0.3 is 18.8 Å². The molecule has 1 N–H and O–H groups in total. The van der Waals surface area contributed by atoms with Gasteiger partial charge in [0.2, 0.25) is 0 Å². The van der Waals surface area contributed by atoms with Crippen LogP contribution in [0, 0.1) is 16.0 Å². The molecule has 1 rings (SSSR count). The lowest BCUT2D eigenvalue weighted by Crippen LogP contribution is -2.36. The maximum Gasteiger partial charge on any atom is 0.491 e. The van der Waals surface area contributed by atoms with E-state index in [1.54, 1.807) is 18.2 Å². The van der Waals surface area contributed by atoms with Crippen LogP contribution in [-0.2, 0) is 18.7 Å². The molecule has 140 valence electrons. The van der Waals surface area contributed by atoms with Gasteiger partial charge in [-0.3, -0.25) is 4.79 Å². The van der Waals surface area contributed by atoms with Crippen LogP contribution in [0.2, 0.25) is 0 Å². The van der Waals surface area contributed by atoms with Gasteiger partial charge in [0.15, 0.2) is 0 Å². The van der Waals surface area contributed by atoms with E-state index in [0.717, 1.165) is 12.8 Å². The summed E-state index contributed by atoms with van der Waals surface area (Å²) in [6.07, 6.45) is 1.71. The van der Waals surface area contributed by atoms with Gasteiger partial charge < -0.3 is 9.26 Å². The van der Waals surface area contributed by atoms with E-state index in [-0.39, 0.29) is 18.3 Å². The van der Waals surface area contributed by atoms with Gasteiger partial charge in [-0.05, 0) is 25.0 Å². The molecule has 0 aliphatic heterocycles. The van der Waals surface area contributed by atoms with Crippen molar-refractivity contribution in [2.45, 2.75) is 39.7 Å². The van der Waals surface area contributed by atoms with Crippen molar-refractivity contribution >= 4 is 13.7 Å². The second kappa shape index (κ2) is 10.0. The maximum atomic E-state index is 12.6. The van der Waals surface area contributed by atoms with Crippen LogP contribution in [0.25, 0.3) is 0 Å². The van der Waals surface area contributed by atoms with Gasteiger partial charge in [-0.25, -0.2) is 9.65 Å². The number of esters is 1. The van der Waals surface area contributed by atoms with Crippen LogP contribution in [0.1, 0.15) is 33.6 Å². The minimum Gasteiger partial charge on any atom is -0.464 e. The Morgan fingerprint density at radius 1 is 1.28 bits per heavy atom. The second-order valence-corrected chi connectivity index (χ2v) is 6.97. The van der Waals surface area contributed by atoms with E-state index in [4.69, 9.17) is 9.26 Å². The summed E-state index contributed by atoms with van der Waals surface area (Å²) < 4.78 is 26.9. The SMILES string of the molecule is CCC(CC)COC(=O)[C@H](C)N[P@](=O)(Oc1ccccc1)O[N+](=O)[O-]. The van der Waals surface area contributed by atoms with Gasteiger partial charge in [-0.15, -0.1) is 10.1 Å². The largest absolute Gasteiger partial charge is 0.491 e. The Morgan fingerprint density at radius 2 is 1.88 bits per heavy atom. The fourth-order valence-corrected chi connectivity index (χ4v) is 3.20. The molecule has 2 atom stereocenters. The highest BCUT2D eigenvalue weighted by Crippen LogP contribution is 2.44. The summed E-state index contributed by atoms with van der Waals surface area (Å²) in [6.45, 7) is 5.55. The maximum absolute atomic E-state index is 12.6. The Labute approximate surface area is 146 Å². The highest BCUT2D eigenvalue weighted by molar-refractivity contribution is 7.52. The minimum atomic E-state index is -4.42. The van der Waals surface area contributed by atoms with Gasteiger partial charge in [-0.2, -0.15) is 4.62 Å². The second-order valence-electron chi connectivity index (χ2n) is 5.37. The predicted octanol–water partition coefficient (Wildman–Crippen LogP) is 3.34. The minimum absolute atomic E-state index is 0.0952. The van der Waals surface area contributed by atoms with Crippen molar-refractivity contribution in [1.29, 1.82) is 0 Å². The van der Waals surface area contributed by atoms with E-state index in [2.05, 4.69) is 9.71 Å². The van der Waals surface area contributed by atoms with Crippen molar-refractivity contribution in [3.63, 3.8) is 0 Å². The molecule has 0 amide bonds. The summed E-state index contributed by atoms with van der Waals surface area (Å²) in [7, 11) is -4.42. The summed E-state index contributed by atoms with van der Waals surface area (Å²) in [6, 6.07) is 6.67. The topological polar surface area (TPSA) is 117 Å². The van der Waals surface area contributed by atoms with Gasteiger partial charge in [0, 0.05) is 0 Å². The highest BCUT2D eigenvalue weighted by atomic mass is 31.2. The van der Waals surface area contributed by atoms with Crippen LogP contribution >= 0.6 is 7.75 Å². The molecule has 0 bridgehead atoms. The van der Waals surface area contributed by atoms with E-state index in [1.807, 2.05) is 13.8 Å². The Balaban J connectivity index is 2.74. The van der Waals surface area contributed by atoms with Crippen molar-refractivity contribution in [2.24, 2.45) is 5.92 Å². The highest BCUT2D eigenvalue weighted by Gasteiger charge is 2.35. The number of nitrogens with one attached hydrogen (secondary N) is 1. The molecular weight excluding hydrogens is 351 g/mol. The van der Waals surface area contributed by atoms with E-state index < -0.39 is 24.8 Å². The van der Waals surface area contributed by atoms with Gasteiger partial charge in [0.25, 0.3) is 0 Å². The normalized spacial score (nSPS) is 14.4. The number of ether oxygens (including phenoxy) is 1. The molecule has 0 radical (unpaired) electrons. The Morgan fingerprint density at radius 3 is 2.40 bits per heavy atom. The molecule has 0 saturated heterocycles. The van der Waals surface area contributed by atoms with Crippen molar-refractivity contribution in [3.8, 4) is 5.75 Å². The van der Waals surface area contributed by atoms with Crippen LogP contribution < -0.4 is 9.61 Å². The Bertz CT molecular complexity index is 607. The zero-order chi connectivity index (χ0) is 18.9. The molecule has 0 saturated carbocycles. The summed E-state index contributed by atoms with van der Waals surface area (Å²) in [5.41, 5.74) is 0. The molecule has 0 fully saturated rings. The molecule has 0 aliphatic carbocycles. The average molecular weight is 374 g/mol. The van der Waals surface area contributed by atoms with Crippen LogP contribution in [0.4, 0.5) is 0 Å². The van der Waals surface area contributed by atoms with Gasteiger partial charge in [0.1, 0.15) is 11.8 Å². The molecule has 0 unspecified atom stereocenters. The quantitative estimate of drug-likeness (QED) is 0.271. The lowest BCUT2D eigenvalue weighted by molar-refractivity contribution is -0.716. The first-order chi connectivity index (χ1) is 11.8. The molecule has 25 heavy (non-hydrogen) atoms. The average Bonchev–Trinajstić information content (AvgIpc) is 2.55. The summed E-state index contributed by atoms with van der Waals surface area (Å²) in [4.78, 5) is 22.6. The fraction of sp³-hybridized carbons (Fsp3) is 0.533. The van der Waals surface area contributed by atoms with Gasteiger partial charge in [0.05, 0.1) is 6.61 Å². The molecule has 0 aliphatic rings. The lowest BCUT2D eigenvalue weighted by Gasteiger charge is -2.21. The molecule has 10 heteroatoms. The van der Waals surface area contributed by atoms with Crippen LogP contribution in [0.3, 0.4) is 0 Å². The molecule has 0 aromatic heterocycles. The first-order valence-corrected chi connectivity index (χ1v) is 9.47. The predicted molar refractivity (Wildman–Crippen MR) is 90.4 cm³/mol. The summed E-state index contributed by atoms with van der Waals surface area (Å²) in [5.74, 6) is -0.382. The first kappa shape index (κ1) is 20.9. The molecule has 1 aromatic rings. The Kier molecular flexibility index (Phi) is 8.37. The van der Waals surface area contributed by atoms with Crippen LogP contribution in [0.15, 0.2) is 30.3 Å². The third kappa shape index (κ3) is 7.53. The summed E-state index contributed by atoms with van der Waals surface area (Å²) >= 11 is 0. The number of carbonyl (C=O) groups excluding carboxylic acids is 1. The smallest absolute Gasteiger partial charge is 0.464 e. The number of hydrogen-bond donors (Lipinski definition) is 1. The molecular formula is C15H23N2O7P. The zero-order valence-corrected chi connectivity index (χ0v) is 15.3. The van der Waals surface area contributed by atoms with E-state index in [0.29, 0.717) is 0 Å². The molecule has 1 aromatic carbocycles. The number of para-hydroxylation sites is 1. The summed E-state index contributed by atoms with van der Waals surface area (Å²) in [5, 5.41) is 11.6. The number of nitrogens with zero attached hydrogens (tertiary/aromatic N) is 1. The van der Waals surface area contributed by atoms with E-state index in [9.17, 15) is 19.5 Å². The van der Waals surface area contributed by atoms with Crippen molar-refractivity contribution < 1.29 is 28.3 Å². The lowest BCUT2D eigenvalue weighted by atomic mass is 10.1. The van der Waals surface area contributed by atoms with Gasteiger partial charge in [-0.1, -0.05) is 44.9 Å². The first-order valence-electron chi connectivity index (χ1n) is 7.92. The Hall–Kier alpha value is -2.12. The third-order valence-electron chi connectivity index (χ3n) is 3.46. The molecule has 0 heterocycles. The monoisotopic (exact) mass is 374 g/mol. The molecule has 9 nitrogen and oxygen atoms in total. The van der Waals surface area contributed by atoms with E-state index >= 15 is 0 Å². The van der Waals surface area contributed by atoms with Crippen LogP contribution in [-0.4, -0.2) is 23.7 Å². The van der Waals surface area contributed by atoms with Crippen molar-refractivity contribution in [2.75, 3.05) is 6.61 Å². The van der Waals surface area contributed by atoms with Crippen molar-refractivity contribution in [1.82, 2.24) is 5.09 Å². The van der Waals surface area contributed by atoms with Crippen molar-refractivity contribution in [3.05, 3.63) is 40.4 Å². The number of rotatable bonds is 11. The standard InChI is InChI=1S/C15H23N2O7P/c1-4-13(5-2)11-22-15(18)12(3)16-25(21,24-17(19)20)23-14-9-7-6-8-10-14/h6-10,12-13H,4-5,11H2,1-3H3,(H,16,21)/t12-,25-/m0/s1. The number of carbonyl (C=O) groups is 1.